The molecule has 1 aliphatic heterocycles. The molecule has 2 heterocycles. The van der Waals surface area contributed by atoms with Crippen molar-refractivity contribution in [1.29, 1.82) is 0 Å². The summed E-state index contributed by atoms with van der Waals surface area (Å²) in [7, 11) is 0. The van der Waals surface area contributed by atoms with Crippen LogP contribution in [-0.4, -0.2) is 47.3 Å². The molecule has 1 fully saturated rings. The molecule has 0 radical (unpaired) electrons. The van der Waals surface area contributed by atoms with Gasteiger partial charge in [0.25, 0.3) is 0 Å². The van der Waals surface area contributed by atoms with Gasteiger partial charge < -0.3 is 14.8 Å². The molecular weight excluding hydrogens is 392 g/mol. The van der Waals surface area contributed by atoms with Crippen molar-refractivity contribution in [3.63, 3.8) is 0 Å². The third-order valence-electron chi connectivity index (χ3n) is 5.28. The molecule has 1 saturated heterocycles. The van der Waals surface area contributed by atoms with E-state index in [0.717, 1.165) is 34.9 Å². The van der Waals surface area contributed by atoms with Gasteiger partial charge >= 0.3 is 5.97 Å². The number of ether oxygens (including phenoxy) is 2. The molecule has 0 spiro atoms. The van der Waals surface area contributed by atoms with E-state index in [4.69, 9.17) is 9.47 Å². The van der Waals surface area contributed by atoms with Crippen LogP contribution in [0.4, 0.5) is 11.4 Å². The van der Waals surface area contributed by atoms with Crippen LogP contribution in [0.3, 0.4) is 0 Å². The Labute approximate surface area is 182 Å². The van der Waals surface area contributed by atoms with Crippen LogP contribution in [0.25, 0.3) is 11.3 Å². The van der Waals surface area contributed by atoms with E-state index in [1.165, 1.54) is 39.3 Å². The first-order valence-electron chi connectivity index (χ1n) is 10.7. The minimum absolute atomic E-state index is 0.253. The van der Waals surface area contributed by atoms with E-state index in [1.54, 1.807) is 6.07 Å². The summed E-state index contributed by atoms with van der Waals surface area (Å²) in [5.41, 5.74) is 3.56. The molecule has 2 N–H and O–H groups in total. The van der Waals surface area contributed by atoms with Crippen LogP contribution in [0.2, 0.25) is 0 Å². The summed E-state index contributed by atoms with van der Waals surface area (Å²) in [5.74, 6) is 0.724. The number of piperidine rings is 1. The molecule has 4 rings (SSSR count). The summed E-state index contributed by atoms with van der Waals surface area (Å²) in [6.07, 6.45) is 3.94. The number of nitrogens with one attached hydrogen (secondary N) is 2. The average Bonchev–Trinajstić information content (AvgIpc) is 3.24. The molecule has 3 aromatic rings. The number of aromatic nitrogens is 2. The third kappa shape index (κ3) is 5.86. The number of nitrogens with zero attached hydrogens (tertiary/aromatic N) is 2. The van der Waals surface area contributed by atoms with E-state index in [9.17, 15) is 4.79 Å². The summed E-state index contributed by atoms with van der Waals surface area (Å²) >= 11 is 0. The maximum Gasteiger partial charge on any atom is 0.309 e. The second-order valence-electron chi connectivity index (χ2n) is 7.66. The molecule has 1 aromatic heterocycles. The zero-order valence-corrected chi connectivity index (χ0v) is 17.8. The number of esters is 1. The number of likely N-dealkylation sites (tertiary alicyclic amines) is 1. The van der Waals surface area contributed by atoms with E-state index in [1.807, 2.05) is 48.5 Å². The fourth-order valence-corrected chi connectivity index (χ4v) is 3.73. The standard InChI is InChI=1S/C24H28N4O3/c1-18(29)31-24-17-23(26-27-24)21-7-3-4-8-22(21)25-19-9-11-20(12-10-19)30-16-15-28-13-5-2-6-14-28/h3-4,7-12,17,25H,2,5-6,13-16H2,1H3,(H,26,27). The van der Waals surface area contributed by atoms with Crippen molar-refractivity contribution in [1.82, 2.24) is 15.1 Å². The van der Waals surface area contributed by atoms with Gasteiger partial charge in [0, 0.05) is 36.5 Å². The molecule has 0 aliphatic carbocycles. The molecule has 7 heteroatoms. The molecule has 0 saturated carbocycles. The van der Waals surface area contributed by atoms with Gasteiger partial charge in [0.05, 0.1) is 5.69 Å². The predicted octanol–water partition coefficient (Wildman–Crippen LogP) is 4.61. The normalized spacial score (nSPS) is 14.2. The van der Waals surface area contributed by atoms with Gasteiger partial charge in [0.15, 0.2) is 0 Å². The molecule has 0 unspecified atom stereocenters. The van der Waals surface area contributed by atoms with Crippen molar-refractivity contribution in [2.75, 3.05) is 31.6 Å². The van der Waals surface area contributed by atoms with Crippen molar-refractivity contribution in [3.05, 3.63) is 54.6 Å². The molecule has 2 aromatic carbocycles. The number of carbonyl (C=O) groups excluding carboxylic acids is 1. The Morgan fingerprint density at radius 3 is 2.65 bits per heavy atom. The minimum atomic E-state index is -0.400. The van der Waals surface area contributed by atoms with Crippen molar-refractivity contribution >= 4 is 17.3 Å². The zero-order valence-electron chi connectivity index (χ0n) is 17.8. The smallest absolute Gasteiger partial charge is 0.309 e. The highest BCUT2D eigenvalue weighted by Crippen LogP contribution is 2.31. The van der Waals surface area contributed by atoms with E-state index < -0.39 is 5.97 Å². The second-order valence-corrected chi connectivity index (χ2v) is 7.66. The van der Waals surface area contributed by atoms with Crippen molar-refractivity contribution in [2.45, 2.75) is 26.2 Å². The third-order valence-corrected chi connectivity index (χ3v) is 5.28. The Bertz CT molecular complexity index is 994. The number of hydrogen-bond donors (Lipinski definition) is 2. The monoisotopic (exact) mass is 420 g/mol. The van der Waals surface area contributed by atoms with Gasteiger partial charge in [-0.1, -0.05) is 24.6 Å². The van der Waals surface area contributed by atoms with Crippen molar-refractivity contribution in [3.8, 4) is 22.9 Å². The first-order valence-corrected chi connectivity index (χ1v) is 10.7. The summed E-state index contributed by atoms with van der Waals surface area (Å²) in [6.45, 7) is 5.41. The highest BCUT2D eigenvalue weighted by molar-refractivity contribution is 5.80. The van der Waals surface area contributed by atoms with Gasteiger partial charge in [0.1, 0.15) is 12.4 Å². The van der Waals surface area contributed by atoms with Crippen LogP contribution in [0.5, 0.6) is 11.6 Å². The molecule has 0 amide bonds. The van der Waals surface area contributed by atoms with E-state index >= 15 is 0 Å². The Balaban J connectivity index is 1.37. The Morgan fingerprint density at radius 1 is 1.10 bits per heavy atom. The lowest BCUT2D eigenvalue weighted by atomic mass is 10.1. The van der Waals surface area contributed by atoms with E-state index in [-0.39, 0.29) is 5.88 Å². The average molecular weight is 421 g/mol. The van der Waals surface area contributed by atoms with Crippen LogP contribution in [0, 0.1) is 0 Å². The zero-order chi connectivity index (χ0) is 21.5. The summed E-state index contributed by atoms with van der Waals surface area (Å²) in [4.78, 5) is 13.6. The number of para-hydroxylation sites is 1. The predicted molar refractivity (Wildman–Crippen MR) is 121 cm³/mol. The number of rotatable bonds is 8. The fraction of sp³-hybridized carbons (Fsp3) is 0.333. The molecule has 1 aliphatic rings. The van der Waals surface area contributed by atoms with Crippen LogP contribution < -0.4 is 14.8 Å². The Hall–Kier alpha value is -3.32. The fourth-order valence-electron chi connectivity index (χ4n) is 3.73. The first kappa shape index (κ1) is 20.9. The summed E-state index contributed by atoms with van der Waals surface area (Å²) < 4.78 is 11.0. The maximum atomic E-state index is 11.1. The molecule has 0 bridgehead atoms. The van der Waals surface area contributed by atoms with E-state index in [0.29, 0.717) is 6.61 Å². The lowest BCUT2D eigenvalue weighted by Crippen LogP contribution is -2.33. The highest BCUT2D eigenvalue weighted by atomic mass is 16.5. The second kappa shape index (κ2) is 10.1. The molecular formula is C24H28N4O3. The number of H-pyrrole nitrogens is 1. The molecule has 7 nitrogen and oxygen atoms in total. The lowest BCUT2D eigenvalue weighted by molar-refractivity contribution is -0.132. The number of benzene rings is 2. The molecule has 162 valence electrons. The highest BCUT2D eigenvalue weighted by Gasteiger charge is 2.11. The van der Waals surface area contributed by atoms with Crippen molar-refractivity contribution in [2.24, 2.45) is 0 Å². The Kier molecular flexibility index (Phi) is 6.84. The molecule has 0 atom stereocenters. The van der Waals surface area contributed by atoms with Crippen LogP contribution in [0.15, 0.2) is 54.6 Å². The van der Waals surface area contributed by atoms with Crippen LogP contribution in [-0.2, 0) is 4.79 Å². The number of aromatic amines is 1. The van der Waals surface area contributed by atoms with Crippen molar-refractivity contribution < 1.29 is 14.3 Å². The maximum absolute atomic E-state index is 11.1. The SMILES string of the molecule is CC(=O)Oc1cc(-c2ccccc2Nc2ccc(OCCN3CCCCC3)cc2)[nH]n1. The largest absolute Gasteiger partial charge is 0.492 e. The number of carbonyl (C=O) groups is 1. The lowest BCUT2D eigenvalue weighted by Gasteiger charge is -2.26. The van der Waals surface area contributed by atoms with Crippen LogP contribution >= 0.6 is 0 Å². The topological polar surface area (TPSA) is 79.5 Å². The van der Waals surface area contributed by atoms with Gasteiger partial charge in [-0.25, -0.2) is 0 Å². The van der Waals surface area contributed by atoms with Crippen LogP contribution in [0.1, 0.15) is 26.2 Å². The minimum Gasteiger partial charge on any atom is -0.492 e. The van der Waals surface area contributed by atoms with Gasteiger partial charge in [-0.3, -0.25) is 14.8 Å². The number of anilines is 2. The Morgan fingerprint density at radius 2 is 1.87 bits per heavy atom. The van der Waals surface area contributed by atoms with Gasteiger partial charge in [0.2, 0.25) is 5.88 Å². The van der Waals surface area contributed by atoms with Gasteiger partial charge in [-0.05, 0) is 56.3 Å². The summed E-state index contributed by atoms with van der Waals surface area (Å²) in [6, 6.07) is 17.6. The summed E-state index contributed by atoms with van der Waals surface area (Å²) in [5, 5.41) is 10.4. The van der Waals surface area contributed by atoms with Gasteiger partial charge in [-0.2, -0.15) is 0 Å². The van der Waals surface area contributed by atoms with Gasteiger partial charge in [-0.15, -0.1) is 5.10 Å². The quantitative estimate of drug-likeness (QED) is 0.518. The van der Waals surface area contributed by atoms with E-state index in [2.05, 4.69) is 20.4 Å². The number of hydrogen-bond acceptors (Lipinski definition) is 6. The molecule has 31 heavy (non-hydrogen) atoms. The first-order chi connectivity index (χ1) is 15.2.